The van der Waals surface area contributed by atoms with Gasteiger partial charge in [0.15, 0.2) is 0 Å². The van der Waals surface area contributed by atoms with Crippen molar-refractivity contribution in [1.29, 1.82) is 0 Å². The van der Waals surface area contributed by atoms with Crippen LogP contribution in [0.25, 0.3) is 0 Å². The summed E-state index contributed by atoms with van der Waals surface area (Å²) in [5, 5.41) is 8.83. The summed E-state index contributed by atoms with van der Waals surface area (Å²) in [6, 6.07) is 1.19. The second-order valence-corrected chi connectivity index (χ2v) is 5.67. The maximum absolute atomic E-state index is 11.9. The summed E-state index contributed by atoms with van der Waals surface area (Å²) in [5.74, 6) is -1.13. The second-order valence-electron chi connectivity index (χ2n) is 3.73. The molecule has 1 aromatic rings. The third-order valence-electron chi connectivity index (χ3n) is 2.65. The van der Waals surface area contributed by atoms with E-state index in [1.807, 2.05) is 0 Å². The average molecular weight is 244 g/mol. The number of rotatable bonds is 3. The van der Waals surface area contributed by atoms with Crippen molar-refractivity contribution in [2.75, 3.05) is 13.1 Å². The molecule has 1 aliphatic rings. The van der Waals surface area contributed by atoms with Gasteiger partial charge in [-0.3, -0.25) is 0 Å². The van der Waals surface area contributed by atoms with Crippen molar-refractivity contribution >= 4 is 16.0 Å². The molecule has 1 N–H and O–H groups in total. The third-order valence-corrected chi connectivity index (χ3v) is 4.52. The van der Waals surface area contributed by atoms with Crippen LogP contribution >= 0.6 is 0 Å². The first-order valence-corrected chi connectivity index (χ1v) is 6.27. The number of nitrogens with zero attached hydrogens (tertiary/aromatic N) is 2. The van der Waals surface area contributed by atoms with E-state index >= 15 is 0 Å². The zero-order valence-electron chi connectivity index (χ0n) is 8.75. The summed E-state index contributed by atoms with van der Waals surface area (Å²) >= 11 is 0. The quantitative estimate of drug-likeness (QED) is 0.819. The Morgan fingerprint density at radius 2 is 2.06 bits per heavy atom. The number of aromatic carboxylic acids is 1. The monoisotopic (exact) mass is 244 g/mol. The number of carbonyl (C=O) groups is 1. The van der Waals surface area contributed by atoms with E-state index in [4.69, 9.17) is 5.11 Å². The molecule has 0 aliphatic carbocycles. The molecule has 0 unspecified atom stereocenters. The highest BCUT2D eigenvalue weighted by molar-refractivity contribution is 7.89. The normalized spacial score (nSPS) is 17.1. The maximum atomic E-state index is 11.9. The first kappa shape index (κ1) is 11.2. The molecular weight excluding hydrogens is 232 g/mol. The van der Waals surface area contributed by atoms with Crippen LogP contribution in [0.15, 0.2) is 17.2 Å². The van der Waals surface area contributed by atoms with Crippen LogP contribution in [0.5, 0.6) is 0 Å². The first-order valence-electron chi connectivity index (χ1n) is 4.83. The van der Waals surface area contributed by atoms with Gasteiger partial charge in [-0.15, -0.1) is 0 Å². The van der Waals surface area contributed by atoms with Crippen molar-refractivity contribution in [2.45, 2.75) is 11.3 Å². The molecule has 0 aromatic carbocycles. The van der Waals surface area contributed by atoms with Gasteiger partial charge in [0, 0.05) is 26.3 Å². The Morgan fingerprint density at radius 3 is 2.44 bits per heavy atom. The summed E-state index contributed by atoms with van der Waals surface area (Å²) in [4.78, 5) is 10.8. The summed E-state index contributed by atoms with van der Waals surface area (Å²) in [6.07, 6.45) is 2.19. The van der Waals surface area contributed by atoms with Crippen LogP contribution < -0.4 is 0 Å². The summed E-state index contributed by atoms with van der Waals surface area (Å²) < 4.78 is 26.5. The minimum Gasteiger partial charge on any atom is -0.477 e. The number of sulfonamides is 1. The van der Waals surface area contributed by atoms with Crippen LogP contribution in [0.4, 0.5) is 0 Å². The fourth-order valence-electron chi connectivity index (χ4n) is 1.56. The Kier molecular flexibility index (Phi) is 2.51. The van der Waals surface area contributed by atoms with E-state index < -0.39 is 16.0 Å². The minimum absolute atomic E-state index is 0.0286. The SMILES string of the molecule is Cn1cc(S(=O)(=O)N2CCC2)cc1C(=O)O. The van der Waals surface area contributed by atoms with Gasteiger partial charge in [0.1, 0.15) is 10.6 Å². The molecule has 1 aliphatic heterocycles. The van der Waals surface area contributed by atoms with Crippen LogP contribution in [-0.2, 0) is 17.1 Å². The van der Waals surface area contributed by atoms with Crippen LogP contribution in [0.1, 0.15) is 16.9 Å². The average Bonchev–Trinajstić information content (AvgIpc) is 2.43. The van der Waals surface area contributed by atoms with E-state index in [0.717, 1.165) is 6.42 Å². The molecule has 1 aromatic heterocycles. The topological polar surface area (TPSA) is 79.6 Å². The van der Waals surface area contributed by atoms with Gasteiger partial charge in [-0.1, -0.05) is 0 Å². The molecule has 0 bridgehead atoms. The summed E-state index contributed by atoms with van der Waals surface area (Å²) in [7, 11) is -1.98. The minimum atomic E-state index is -3.49. The Balaban J connectivity index is 2.41. The van der Waals surface area contributed by atoms with Crippen molar-refractivity contribution in [3.63, 3.8) is 0 Å². The number of aromatic nitrogens is 1. The highest BCUT2D eigenvalue weighted by atomic mass is 32.2. The van der Waals surface area contributed by atoms with Gasteiger partial charge in [-0.05, 0) is 12.5 Å². The molecule has 88 valence electrons. The molecular formula is C9H12N2O4S. The van der Waals surface area contributed by atoms with E-state index in [-0.39, 0.29) is 10.6 Å². The molecule has 0 radical (unpaired) electrons. The van der Waals surface area contributed by atoms with E-state index in [2.05, 4.69) is 0 Å². The van der Waals surface area contributed by atoms with Gasteiger partial charge < -0.3 is 9.67 Å². The number of carboxylic acids is 1. The highest BCUT2D eigenvalue weighted by Crippen LogP contribution is 2.22. The summed E-state index contributed by atoms with van der Waals surface area (Å²) in [6.45, 7) is 1.03. The zero-order valence-corrected chi connectivity index (χ0v) is 9.57. The van der Waals surface area contributed by atoms with Crippen molar-refractivity contribution in [2.24, 2.45) is 7.05 Å². The number of hydrogen-bond donors (Lipinski definition) is 1. The fourth-order valence-corrected chi connectivity index (χ4v) is 3.15. The van der Waals surface area contributed by atoms with E-state index in [1.165, 1.54) is 28.2 Å². The first-order chi connectivity index (χ1) is 7.43. The number of carboxylic acid groups (broad SMARTS) is 1. The molecule has 0 spiro atoms. The smallest absolute Gasteiger partial charge is 0.352 e. The molecule has 0 atom stereocenters. The van der Waals surface area contributed by atoms with Crippen LogP contribution in [0, 0.1) is 0 Å². The van der Waals surface area contributed by atoms with Gasteiger partial charge >= 0.3 is 5.97 Å². The molecule has 0 saturated carbocycles. The zero-order chi connectivity index (χ0) is 11.9. The van der Waals surface area contributed by atoms with Crippen molar-refractivity contribution in [3.8, 4) is 0 Å². The Bertz CT molecular complexity index is 528. The Labute approximate surface area is 93.1 Å². The highest BCUT2D eigenvalue weighted by Gasteiger charge is 2.31. The number of hydrogen-bond acceptors (Lipinski definition) is 3. The fraction of sp³-hybridized carbons (Fsp3) is 0.444. The predicted molar refractivity (Wildman–Crippen MR) is 55.7 cm³/mol. The maximum Gasteiger partial charge on any atom is 0.352 e. The molecule has 6 nitrogen and oxygen atoms in total. The Morgan fingerprint density at radius 1 is 1.44 bits per heavy atom. The number of aryl methyl sites for hydroxylation is 1. The lowest BCUT2D eigenvalue weighted by molar-refractivity contribution is 0.0686. The van der Waals surface area contributed by atoms with Crippen LogP contribution in [0.2, 0.25) is 0 Å². The van der Waals surface area contributed by atoms with Crippen LogP contribution in [-0.4, -0.2) is 41.5 Å². The molecule has 2 rings (SSSR count). The van der Waals surface area contributed by atoms with Gasteiger partial charge in [-0.25, -0.2) is 13.2 Å². The largest absolute Gasteiger partial charge is 0.477 e. The molecule has 16 heavy (non-hydrogen) atoms. The molecule has 1 saturated heterocycles. The summed E-state index contributed by atoms with van der Waals surface area (Å²) in [5.41, 5.74) is -0.0286. The third kappa shape index (κ3) is 1.61. The molecule has 7 heteroatoms. The lowest BCUT2D eigenvalue weighted by atomic mass is 10.3. The van der Waals surface area contributed by atoms with Gasteiger partial charge in [0.05, 0.1) is 0 Å². The predicted octanol–water partition coefficient (Wildman–Crippen LogP) is 0.118. The van der Waals surface area contributed by atoms with Gasteiger partial charge in [-0.2, -0.15) is 4.31 Å². The van der Waals surface area contributed by atoms with Gasteiger partial charge in [0.2, 0.25) is 10.0 Å². The van der Waals surface area contributed by atoms with Crippen molar-refractivity contribution in [1.82, 2.24) is 8.87 Å². The standard InChI is InChI=1S/C9H12N2O4S/c1-10-6-7(5-8(10)9(12)13)16(14,15)11-3-2-4-11/h5-6H,2-4H2,1H3,(H,12,13). The van der Waals surface area contributed by atoms with Crippen molar-refractivity contribution in [3.05, 3.63) is 18.0 Å². The van der Waals surface area contributed by atoms with E-state index in [1.54, 1.807) is 0 Å². The second kappa shape index (κ2) is 3.60. The van der Waals surface area contributed by atoms with Crippen molar-refractivity contribution < 1.29 is 18.3 Å². The molecule has 1 fully saturated rings. The van der Waals surface area contributed by atoms with Gasteiger partial charge in [0.25, 0.3) is 0 Å². The van der Waals surface area contributed by atoms with E-state index in [0.29, 0.717) is 13.1 Å². The van der Waals surface area contributed by atoms with E-state index in [9.17, 15) is 13.2 Å². The van der Waals surface area contributed by atoms with Crippen LogP contribution in [0.3, 0.4) is 0 Å². The Hall–Kier alpha value is -1.34. The lowest BCUT2D eigenvalue weighted by Crippen LogP contribution is -2.41. The lowest BCUT2D eigenvalue weighted by Gasteiger charge is -2.29. The molecule has 2 heterocycles. The molecule has 0 amide bonds.